The smallest absolute Gasteiger partial charge is 0.306 e. The minimum absolute atomic E-state index is 0.0670. The number of epoxide rings is 2. The fourth-order valence-corrected chi connectivity index (χ4v) is 12.5. The zero-order valence-corrected chi connectivity index (χ0v) is 53.8. The van der Waals surface area contributed by atoms with Crippen LogP contribution in [0.3, 0.4) is 0 Å². The fourth-order valence-electron chi connectivity index (χ4n) is 12.5. The Bertz CT molecular complexity index is 2400. The zero-order valence-electron chi connectivity index (χ0n) is 53.8. The highest BCUT2D eigenvalue weighted by Crippen LogP contribution is 2.67. The molecule has 4 rings (SSSR count). The van der Waals surface area contributed by atoms with Crippen LogP contribution in [0.1, 0.15) is 250 Å². The van der Waals surface area contributed by atoms with Crippen LogP contribution in [0.4, 0.5) is 0 Å². The predicted molar refractivity (Wildman–Crippen MR) is 350 cm³/mol. The van der Waals surface area contributed by atoms with Gasteiger partial charge in [0.2, 0.25) is 0 Å². The molecule has 0 spiro atoms. The van der Waals surface area contributed by atoms with Crippen molar-refractivity contribution in [3.63, 3.8) is 0 Å². The van der Waals surface area contributed by atoms with Crippen LogP contribution in [0.2, 0.25) is 0 Å². The van der Waals surface area contributed by atoms with E-state index in [-0.39, 0.29) is 57.4 Å². The maximum atomic E-state index is 12.9. The molecule has 2 aliphatic heterocycles. The van der Waals surface area contributed by atoms with E-state index in [1.807, 2.05) is 0 Å². The quantitative estimate of drug-likeness (QED) is 0.0201. The van der Waals surface area contributed by atoms with Crippen molar-refractivity contribution in [3.05, 3.63) is 168 Å². The first kappa shape index (κ1) is 69.7. The summed E-state index contributed by atoms with van der Waals surface area (Å²) in [6.07, 6.45) is 79.1. The van der Waals surface area contributed by atoms with Crippen LogP contribution >= 0.6 is 0 Å². The lowest BCUT2D eigenvalue weighted by Crippen LogP contribution is -2.47. The molecule has 2 heterocycles. The topological polar surface area (TPSA) is 77.7 Å². The molecule has 454 valence electrons. The summed E-state index contributed by atoms with van der Waals surface area (Å²) in [5.41, 5.74) is 2.84. The summed E-state index contributed by atoms with van der Waals surface area (Å²) < 4.78 is 25.3. The van der Waals surface area contributed by atoms with E-state index < -0.39 is 0 Å². The van der Waals surface area contributed by atoms with Crippen molar-refractivity contribution in [1.29, 1.82) is 0 Å². The number of hydrogen-bond acceptors (Lipinski definition) is 6. The van der Waals surface area contributed by atoms with E-state index >= 15 is 0 Å². The first-order valence-electron chi connectivity index (χ1n) is 32.4. The van der Waals surface area contributed by atoms with Gasteiger partial charge < -0.3 is 18.9 Å². The van der Waals surface area contributed by atoms with Crippen molar-refractivity contribution in [2.24, 2.45) is 10.8 Å². The summed E-state index contributed by atoms with van der Waals surface area (Å²) >= 11 is 0. The Morgan fingerprint density at radius 2 is 0.756 bits per heavy atom. The highest BCUT2D eigenvalue weighted by Gasteiger charge is 2.76. The lowest BCUT2D eigenvalue weighted by Gasteiger charge is -2.40. The fraction of sp³-hybridized carbons (Fsp3) is 0.605. The van der Waals surface area contributed by atoms with E-state index in [0.29, 0.717) is 12.8 Å². The van der Waals surface area contributed by atoms with Crippen LogP contribution in [0.15, 0.2) is 168 Å². The van der Waals surface area contributed by atoms with Gasteiger partial charge in [-0.15, -0.1) is 0 Å². The van der Waals surface area contributed by atoms with Gasteiger partial charge in [0.1, 0.15) is 34.6 Å². The van der Waals surface area contributed by atoms with Gasteiger partial charge in [0.15, 0.2) is 0 Å². The normalized spacial score (nSPS) is 26.9. The van der Waals surface area contributed by atoms with Gasteiger partial charge >= 0.3 is 11.9 Å². The van der Waals surface area contributed by atoms with E-state index in [0.717, 1.165) is 119 Å². The van der Waals surface area contributed by atoms with E-state index in [4.69, 9.17) is 18.9 Å². The van der Waals surface area contributed by atoms with Gasteiger partial charge in [-0.3, -0.25) is 9.59 Å². The molecule has 4 aliphatic rings. The van der Waals surface area contributed by atoms with E-state index in [2.05, 4.69) is 229 Å². The molecule has 0 N–H and O–H groups in total. The Morgan fingerprint density at radius 3 is 1.15 bits per heavy atom. The molecule has 0 amide bonds. The third kappa shape index (κ3) is 23.7. The average Bonchev–Trinajstić information content (AvgIpc) is 2.48. The number of rotatable bonds is 39. The van der Waals surface area contributed by atoms with Gasteiger partial charge in [-0.2, -0.15) is 0 Å². The Kier molecular flexibility index (Phi) is 30.7. The van der Waals surface area contributed by atoms with Gasteiger partial charge in [0, 0.05) is 36.5 Å². The molecule has 6 heteroatoms. The second-order valence-corrected chi connectivity index (χ2v) is 25.9. The van der Waals surface area contributed by atoms with Gasteiger partial charge in [-0.1, -0.05) is 249 Å². The zero-order chi connectivity index (χ0) is 59.8. The number of fused-ring (bicyclic) bond motifs is 2. The summed E-state index contributed by atoms with van der Waals surface area (Å²) in [6, 6.07) is 0. The Hall–Kier alpha value is -4.78. The standard InChI is InChI=1S/C76H114O6/c1-13-15-17-19-21-23-25-27-29-31-33-35-37-39-41-53-69(77)79-67-59-71(7,8)75(73(11,61-67)81-75)57-55-65(5)51-45-49-63(3)47-43-44-48-64(4)50-46-52-66(6)56-58-76-72(9,10)60-68(62-74(76,12)82-76)80-70(78)54-42-40-38-36-34-32-30-28-26-24-22-20-18-16-14-2/h15,17,21-24,27-30,43-52,55-58,67-68H,13-14,16,18-20,25-26,31-42,53-54,59-62H2,1-12H3/b17-15-,23-21-,24-22-,29-27-,30-28-,44-43+,49-45+,50-46+,57-55+,58-56+,63-47+,64-48+,65-51+,66-52+/t67-,68-,73+,74+,75-,76-/m0/s1. The van der Waals surface area contributed by atoms with Crippen molar-refractivity contribution in [1.82, 2.24) is 0 Å². The number of esters is 2. The van der Waals surface area contributed by atoms with Crippen LogP contribution in [-0.4, -0.2) is 46.6 Å². The highest BCUT2D eigenvalue weighted by molar-refractivity contribution is 5.70. The number of unbranched alkanes of at least 4 members (excludes halogenated alkanes) is 13. The molecule has 6 atom stereocenters. The molecule has 0 radical (unpaired) electrons. The minimum atomic E-state index is -0.373. The van der Waals surface area contributed by atoms with E-state index in [1.54, 1.807) is 0 Å². The molecule has 2 saturated heterocycles. The van der Waals surface area contributed by atoms with E-state index in [1.165, 1.54) is 57.8 Å². The molecule has 0 unspecified atom stereocenters. The summed E-state index contributed by atoms with van der Waals surface area (Å²) in [4.78, 5) is 25.8. The predicted octanol–water partition coefficient (Wildman–Crippen LogP) is 21.5. The summed E-state index contributed by atoms with van der Waals surface area (Å²) in [5, 5.41) is 0. The third-order valence-corrected chi connectivity index (χ3v) is 17.4. The molecule has 0 aromatic rings. The number of carbonyl (C=O) groups is 2. The van der Waals surface area contributed by atoms with Crippen molar-refractivity contribution in [2.75, 3.05) is 0 Å². The molecule has 0 aromatic heterocycles. The first-order valence-corrected chi connectivity index (χ1v) is 32.4. The molecular formula is C76H114O6. The van der Waals surface area contributed by atoms with Crippen LogP contribution in [-0.2, 0) is 28.5 Å². The molecule has 2 aliphatic carbocycles. The van der Waals surface area contributed by atoms with Crippen LogP contribution in [0.25, 0.3) is 0 Å². The van der Waals surface area contributed by atoms with Crippen LogP contribution in [0, 0.1) is 10.8 Å². The SMILES string of the molecule is CC/C=C\C/C=C\C/C=C\CCCCCCCC(=O)O[C@H]1CC(C)(C)[C@]2(/C=C/C(C)=C/C=C/C(C)=C/C=C/C=C(C)/C=C/C=C(C)/C=C/[C@@]34O[C@]3(C)C[C@@H](OC(=O)CCCCCCC/C=C\C/C=C\CCCCC)CC4(C)C)O[C@]2(C)C1. The second kappa shape index (κ2) is 36.2. The van der Waals surface area contributed by atoms with Crippen molar-refractivity contribution in [3.8, 4) is 0 Å². The van der Waals surface area contributed by atoms with Crippen LogP contribution in [0.5, 0.6) is 0 Å². The number of ether oxygens (including phenoxy) is 4. The number of carbonyl (C=O) groups excluding carboxylic acids is 2. The van der Waals surface area contributed by atoms with Crippen molar-refractivity contribution in [2.45, 2.75) is 285 Å². The van der Waals surface area contributed by atoms with Crippen molar-refractivity contribution >= 4 is 11.9 Å². The van der Waals surface area contributed by atoms with E-state index in [9.17, 15) is 9.59 Å². The van der Waals surface area contributed by atoms with Crippen LogP contribution < -0.4 is 0 Å². The average molecular weight is 1120 g/mol. The molecule has 6 nitrogen and oxygen atoms in total. The first-order chi connectivity index (χ1) is 39.3. The van der Waals surface area contributed by atoms with Gasteiger partial charge in [0.25, 0.3) is 0 Å². The van der Waals surface area contributed by atoms with Gasteiger partial charge in [-0.25, -0.2) is 0 Å². The van der Waals surface area contributed by atoms with Gasteiger partial charge in [0.05, 0.1) is 0 Å². The van der Waals surface area contributed by atoms with Crippen molar-refractivity contribution < 1.29 is 28.5 Å². The third-order valence-electron chi connectivity index (χ3n) is 17.4. The Morgan fingerprint density at radius 1 is 0.415 bits per heavy atom. The Labute approximate surface area is 501 Å². The number of allylic oxidation sites excluding steroid dienone is 26. The largest absolute Gasteiger partial charge is 0.462 e. The molecule has 4 fully saturated rings. The molecule has 82 heavy (non-hydrogen) atoms. The maximum absolute atomic E-state index is 12.9. The lowest BCUT2D eigenvalue weighted by molar-refractivity contribution is -0.153. The number of hydrogen-bond donors (Lipinski definition) is 0. The lowest BCUT2D eigenvalue weighted by atomic mass is 9.63. The Balaban J connectivity index is 1.10. The minimum Gasteiger partial charge on any atom is -0.462 e. The van der Waals surface area contributed by atoms with Gasteiger partial charge in [-0.05, 0) is 144 Å². The summed E-state index contributed by atoms with van der Waals surface area (Å²) in [5.74, 6) is -0.138. The molecular weight excluding hydrogens is 1010 g/mol. The second-order valence-electron chi connectivity index (χ2n) is 25.9. The summed E-state index contributed by atoms with van der Waals surface area (Å²) in [7, 11) is 0. The molecule has 0 aromatic carbocycles. The molecule has 2 saturated carbocycles. The monoisotopic (exact) mass is 1120 g/mol. The summed E-state index contributed by atoms with van der Waals surface area (Å²) in [6.45, 7) is 26.2. The highest BCUT2D eigenvalue weighted by atomic mass is 16.6. The molecule has 0 bridgehead atoms. The maximum Gasteiger partial charge on any atom is 0.306 e.